The van der Waals surface area contributed by atoms with E-state index >= 15 is 0 Å². The minimum atomic E-state index is 0.138. The Morgan fingerprint density at radius 3 is 2.28 bits per heavy atom. The van der Waals surface area contributed by atoms with E-state index in [1.807, 2.05) is 36.4 Å². The van der Waals surface area contributed by atoms with Crippen LogP contribution in [-0.2, 0) is 17.8 Å². The van der Waals surface area contributed by atoms with Crippen molar-refractivity contribution in [2.75, 3.05) is 33.9 Å². The summed E-state index contributed by atoms with van der Waals surface area (Å²) in [6.07, 6.45) is 10.8. The number of unbranched alkanes of at least 4 members (excludes halogenated alkanes) is 6. The van der Waals surface area contributed by atoms with Gasteiger partial charge in [0.15, 0.2) is 11.5 Å². The first-order valence-electron chi connectivity index (χ1n) is 13.6. The van der Waals surface area contributed by atoms with Crippen molar-refractivity contribution in [3.8, 4) is 17.2 Å². The largest absolute Gasteiger partial charge is 0.496 e. The Morgan fingerprint density at radius 2 is 1.50 bits per heavy atom. The fourth-order valence-corrected chi connectivity index (χ4v) is 4.25. The van der Waals surface area contributed by atoms with Crippen LogP contribution in [0.2, 0.25) is 0 Å². The summed E-state index contributed by atoms with van der Waals surface area (Å²) in [6.45, 7) is 5.07. The molecule has 0 saturated carbocycles. The molecule has 0 unspecified atom stereocenters. The molecule has 2 aromatic carbocycles. The molecule has 0 aliphatic heterocycles. The molecule has 36 heavy (non-hydrogen) atoms. The number of ether oxygens (including phenoxy) is 3. The molecule has 0 aliphatic rings. The molecule has 2 rings (SSSR count). The average molecular weight is 499 g/mol. The third kappa shape index (κ3) is 11.3. The number of hydrogen-bond donors (Lipinski definition) is 2. The van der Waals surface area contributed by atoms with Gasteiger partial charge in [-0.3, -0.25) is 4.79 Å². The molecule has 2 aromatic rings. The highest BCUT2D eigenvalue weighted by molar-refractivity contribution is 5.75. The van der Waals surface area contributed by atoms with Gasteiger partial charge < -0.3 is 24.8 Å². The van der Waals surface area contributed by atoms with Gasteiger partial charge in [-0.05, 0) is 61.6 Å². The lowest BCUT2D eigenvalue weighted by Crippen LogP contribution is -2.23. The van der Waals surface area contributed by atoms with Crippen molar-refractivity contribution in [3.05, 3.63) is 53.6 Å². The number of carbonyl (C=O) groups is 1. The van der Waals surface area contributed by atoms with E-state index < -0.39 is 0 Å². The second-order valence-corrected chi connectivity index (χ2v) is 9.10. The van der Waals surface area contributed by atoms with E-state index in [1.165, 1.54) is 31.2 Å². The number of para-hydroxylation sites is 2. The number of benzene rings is 2. The monoisotopic (exact) mass is 498 g/mol. The van der Waals surface area contributed by atoms with Gasteiger partial charge in [-0.25, -0.2) is 0 Å². The maximum absolute atomic E-state index is 12.3. The van der Waals surface area contributed by atoms with E-state index in [0.29, 0.717) is 19.6 Å². The zero-order chi connectivity index (χ0) is 25.8. The summed E-state index contributed by atoms with van der Waals surface area (Å²) >= 11 is 0. The molecule has 6 nitrogen and oxygen atoms in total. The maximum Gasteiger partial charge on any atom is 0.220 e. The highest BCUT2D eigenvalue weighted by Gasteiger charge is 2.10. The summed E-state index contributed by atoms with van der Waals surface area (Å²) in [6, 6.07) is 13.8. The zero-order valence-electron chi connectivity index (χ0n) is 22.6. The third-order valence-electron chi connectivity index (χ3n) is 6.32. The van der Waals surface area contributed by atoms with Crippen molar-refractivity contribution in [3.63, 3.8) is 0 Å². The molecule has 200 valence electrons. The molecule has 0 aromatic heterocycles. The van der Waals surface area contributed by atoms with Crippen LogP contribution in [0.1, 0.15) is 75.8 Å². The number of methoxy groups -OCH3 is 2. The molecule has 1 amide bonds. The molecule has 2 N–H and O–H groups in total. The topological polar surface area (TPSA) is 68.8 Å². The van der Waals surface area contributed by atoms with E-state index in [-0.39, 0.29) is 5.91 Å². The molecule has 0 bridgehead atoms. The third-order valence-corrected chi connectivity index (χ3v) is 6.32. The fourth-order valence-electron chi connectivity index (χ4n) is 4.25. The van der Waals surface area contributed by atoms with Crippen LogP contribution in [0.3, 0.4) is 0 Å². The Balaban J connectivity index is 1.67. The Kier molecular flexibility index (Phi) is 15.2. The van der Waals surface area contributed by atoms with Crippen molar-refractivity contribution in [2.24, 2.45) is 0 Å². The van der Waals surface area contributed by atoms with E-state index in [0.717, 1.165) is 68.0 Å². The van der Waals surface area contributed by atoms with E-state index in [4.69, 9.17) is 14.2 Å². The first-order chi connectivity index (χ1) is 17.7. The predicted molar refractivity (Wildman–Crippen MR) is 147 cm³/mol. The smallest absolute Gasteiger partial charge is 0.220 e. The van der Waals surface area contributed by atoms with Crippen molar-refractivity contribution < 1.29 is 19.0 Å². The number of carbonyl (C=O) groups excluding carboxylic acids is 1. The zero-order valence-corrected chi connectivity index (χ0v) is 22.6. The van der Waals surface area contributed by atoms with Gasteiger partial charge in [-0.1, -0.05) is 63.3 Å². The standard InChI is InChI=1S/C30H46N2O4/c1-4-5-6-7-8-9-20-30(33)32-24-25-15-14-19-27(34-2)26(25)16-12-13-21-31-22-23-36-29-18-11-10-17-28(29)35-3/h10-11,14-15,17-19,31H,4-9,12-13,16,20-24H2,1-3H3,(H,32,33). The van der Waals surface area contributed by atoms with E-state index in [9.17, 15) is 4.79 Å². The van der Waals surface area contributed by atoms with Crippen molar-refractivity contribution in [1.29, 1.82) is 0 Å². The molecular weight excluding hydrogens is 452 g/mol. The van der Waals surface area contributed by atoms with Crippen LogP contribution in [0.25, 0.3) is 0 Å². The minimum absolute atomic E-state index is 0.138. The summed E-state index contributed by atoms with van der Waals surface area (Å²) in [5.74, 6) is 2.56. The van der Waals surface area contributed by atoms with Crippen LogP contribution >= 0.6 is 0 Å². The van der Waals surface area contributed by atoms with Gasteiger partial charge in [0.25, 0.3) is 0 Å². The van der Waals surface area contributed by atoms with Crippen LogP contribution < -0.4 is 24.8 Å². The van der Waals surface area contributed by atoms with Gasteiger partial charge >= 0.3 is 0 Å². The van der Waals surface area contributed by atoms with Crippen LogP contribution in [0.4, 0.5) is 0 Å². The highest BCUT2D eigenvalue weighted by atomic mass is 16.5. The Bertz CT molecular complexity index is 872. The molecule has 0 spiro atoms. The fraction of sp³-hybridized carbons (Fsp3) is 0.567. The second kappa shape index (κ2) is 18.5. The van der Waals surface area contributed by atoms with Gasteiger partial charge in [-0.2, -0.15) is 0 Å². The summed E-state index contributed by atoms with van der Waals surface area (Å²) < 4.78 is 16.7. The predicted octanol–water partition coefficient (Wildman–Crippen LogP) is 6.06. The Morgan fingerprint density at radius 1 is 0.778 bits per heavy atom. The van der Waals surface area contributed by atoms with Gasteiger partial charge in [0.2, 0.25) is 5.91 Å². The molecule has 0 saturated heterocycles. The summed E-state index contributed by atoms with van der Waals surface area (Å²) in [5.41, 5.74) is 2.34. The molecule has 0 atom stereocenters. The molecule has 0 fully saturated rings. The normalized spacial score (nSPS) is 10.8. The molecule has 0 radical (unpaired) electrons. The number of hydrogen-bond acceptors (Lipinski definition) is 5. The van der Waals surface area contributed by atoms with Gasteiger partial charge in [0, 0.05) is 19.5 Å². The Labute approximate surface area is 218 Å². The summed E-state index contributed by atoms with van der Waals surface area (Å²) in [4.78, 5) is 12.3. The van der Waals surface area contributed by atoms with Gasteiger partial charge in [0.1, 0.15) is 12.4 Å². The van der Waals surface area contributed by atoms with Crippen molar-refractivity contribution >= 4 is 5.91 Å². The van der Waals surface area contributed by atoms with Crippen LogP contribution in [0.15, 0.2) is 42.5 Å². The summed E-state index contributed by atoms with van der Waals surface area (Å²) in [5, 5.41) is 6.55. The van der Waals surface area contributed by atoms with Gasteiger partial charge in [-0.15, -0.1) is 0 Å². The molecule has 0 aliphatic carbocycles. The second-order valence-electron chi connectivity index (χ2n) is 9.10. The molecule has 6 heteroatoms. The van der Waals surface area contributed by atoms with E-state index in [1.54, 1.807) is 14.2 Å². The van der Waals surface area contributed by atoms with Crippen LogP contribution in [0.5, 0.6) is 17.2 Å². The lowest BCUT2D eigenvalue weighted by Gasteiger charge is -2.15. The quantitative estimate of drug-likeness (QED) is 0.217. The Hall–Kier alpha value is -2.73. The van der Waals surface area contributed by atoms with Crippen molar-refractivity contribution in [1.82, 2.24) is 10.6 Å². The first-order valence-corrected chi connectivity index (χ1v) is 13.6. The van der Waals surface area contributed by atoms with Crippen molar-refractivity contribution in [2.45, 2.75) is 77.7 Å². The van der Waals surface area contributed by atoms with Crippen LogP contribution in [-0.4, -0.2) is 39.8 Å². The van der Waals surface area contributed by atoms with E-state index in [2.05, 4.69) is 23.6 Å². The highest BCUT2D eigenvalue weighted by Crippen LogP contribution is 2.26. The number of rotatable bonds is 20. The summed E-state index contributed by atoms with van der Waals surface area (Å²) in [7, 11) is 3.36. The average Bonchev–Trinajstić information content (AvgIpc) is 2.91. The maximum atomic E-state index is 12.3. The van der Waals surface area contributed by atoms with Crippen LogP contribution in [0, 0.1) is 0 Å². The minimum Gasteiger partial charge on any atom is -0.496 e. The first kappa shape index (κ1) is 29.5. The lowest BCUT2D eigenvalue weighted by atomic mass is 10.00. The van der Waals surface area contributed by atoms with Gasteiger partial charge in [0.05, 0.1) is 14.2 Å². The SMILES string of the molecule is CCCCCCCCC(=O)NCc1cccc(OC)c1CCCCNCCOc1ccccc1OC. The number of nitrogens with one attached hydrogen (secondary N) is 2. The molecular formula is C30H46N2O4. The lowest BCUT2D eigenvalue weighted by molar-refractivity contribution is -0.121. The molecule has 0 heterocycles. The number of amides is 1.